The number of hydrogen-bond donors (Lipinski definition) is 2. The molecular weight excluding hydrogens is 304 g/mol. The molecule has 116 valence electrons. The van der Waals surface area contributed by atoms with E-state index >= 15 is 0 Å². The minimum atomic E-state index is -3.76. The van der Waals surface area contributed by atoms with E-state index in [0.717, 1.165) is 0 Å². The van der Waals surface area contributed by atoms with Crippen molar-refractivity contribution in [1.82, 2.24) is 4.72 Å². The van der Waals surface area contributed by atoms with Crippen LogP contribution >= 0.6 is 0 Å². The Balaban J connectivity index is 2.61. The average Bonchev–Trinajstić information content (AvgIpc) is 2.44. The summed E-state index contributed by atoms with van der Waals surface area (Å²) in [5, 5.41) is 8.59. The van der Waals surface area contributed by atoms with Crippen molar-refractivity contribution in [2.75, 3.05) is 26.4 Å². The predicted octanol–water partition coefficient (Wildman–Crippen LogP) is 0.590. The van der Waals surface area contributed by atoms with Crippen LogP contribution in [0.2, 0.25) is 0 Å². The van der Waals surface area contributed by atoms with Gasteiger partial charge in [-0.1, -0.05) is 17.9 Å². The number of sulfonamides is 1. The maximum absolute atomic E-state index is 11.9. The monoisotopic (exact) mass is 319 g/mol. The molecular formula is C13H15F2NO4S. The van der Waals surface area contributed by atoms with E-state index in [1.54, 1.807) is 6.07 Å². The number of ether oxygens (including phenoxy) is 1. The van der Waals surface area contributed by atoms with E-state index in [4.69, 9.17) is 5.11 Å². The number of aliphatic hydroxyl groups is 1. The average molecular weight is 319 g/mol. The highest BCUT2D eigenvalue weighted by atomic mass is 32.2. The summed E-state index contributed by atoms with van der Waals surface area (Å²) >= 11 is 0. The first-order valence-electron chi connectivity index (χ1n) is 6.01. The Bertz CT molecular complexity index is 608. The number of halogens is 2. The highest BCUT2D eigenvalue weighted by Crippen LogP contribution is 2.10. The van der Waals surface area contributed by atoms with E-state index in [0.29, 0.717) is 5.56 Å². The third kappa shape index (κ3) is 6.64. The molecule has 1 rings (SSSR count). The molecule has 1 aromatic carbocycles. The molecule has 5 nitrogen and oxygen atoms in total. The van der Waals surface area contributed by atoms with Crippen LogP contribution in [0.3, 0.4) is 0 Å². The number of nitrogens with one attached hydrogen (secondary N) is 1. The van der Waals surface area contributed by atoms with Crippen molar-refractivity contribution in [3.63, 3.8) is 0 Å². The van der Waals surface area contributed by atoms with Crippen molar-refractivity contribution in [3.8, 4) is 11.8 Å². The van der Waals surface area contributed by atoms with Gasteiger partial charge in [-0.2, -0.15) is 0 Å². The lowest BCUT2D eigenvalue weighted by Crippen LogP contribution is -2.28. The maximum atomic E-state index is 11.9. The van der Waals surface area contributed by atoms with Gasteiger partial charge in [0, 0.05) is 12.1 Å². The molecule has 21 heavy (non-hydrogen) atoms. The number of aliphatic hydroxyl groups excluding tert-OH is 1. The van der Waals surface area contributed by atoms with Gasteiger partial charge in [0.2, 0.25) is 10.0 Å². The number of benzene rings is 1. The van der Waals surface area contributed by atoms with Gasteiger partial charge in [-0.3, -0.25) is 0 Å². The van der Waals surface area contributed by atoms with E-state index < -0.39 is 23.1 Å². The van der Waals surface area contributed by atoms with Gasteiger partial charge >= 0.3 is 0 Å². The lowest BCUT2D eigenvalue weighted by molar-refractivity contribution is 0.0199. The Labute approximate surface area is 122 Å². The van der Waals surface area contributed by atoms with Crippen LogP contribution in [-0.4, -0.2) is 46.3 Å². The molecule has 0 saturated carbocycles. The van der Waals surface area contributed by atoms with Gasteiger partial charge in [0.05, 0.1) is 11.5 Å². The molecule has 0 heterocycles. The second-order valence-electron chi connectivity index (χ2n) is 3.85. The summed E-state index contributed by atoms with van der Waals surface area (Å²) in [5.41, 5.74) is 0.445. The smallest absolute Gasteiger partial charge is 0.261 e. The molecule has 0 radical (unpaired) electrons. The van der Waals surface area contributed by atoms with Gasteiger partial charge in [0.1, 0.15) is 13.2 Å². The zero-order valence-corrected chi connectivity index (χ0v) is 11.9. The highest BCUT2D eigenvalue weighted by molar-refractivity contribution is 7.89. The van der Waals surface area contributed by atoms with Gasteiger partial charge in [-0.05, 0) is 18.2 Å². The van der Waals surface area contributed by atoms with Gasteiger partial charge in [0.15, 0.2) is 0 Å². The molecule has 0 saturated heterocycles. The summed E-state index contributed by atoms with van der Waals surface area (Å²) < 4.78 is 54.3. The summed E-state index contributed by atoms with van der Waals surface area (Å²) in [4.78, 5) is 0.00102. The van der Waals surface area contributed by atoms with Crippen molar-refractivity contribution in [1.29, 1.82) is 0 Å². The van der Waals surface area contributed by atoms with Crippen LogP contribution in [-0.2, 0) is 14.8 Å². The molecule has 0 aliphatic heterocycles. The van der Waals surface area contributed by atoms with E-state index in [2.05, 4.69) is 21.3 Å². The zero-order chi connectivity index (χ0) is 15.7. The van der Waals surface area contributed by atoms with Crippen LogP contribution in [0.1, 0.15) is 5.56 Å². The normalized spacial score (nSPS) is 11.2. The number of hydrogen-bond acceptors (Lipinski definition) is 4. The van der Waals surface area contributed by atoms with E-state index in [9.17, 15) is 17.2 Å². The first-order valence-corrected chi connectivity index (χ1v) is 7.49. The van der Waals surface area contributed by atoms with E-state index in [-0.39, 0.29) is 24.7 Å². The van der Waals surface area contributed by atoms with Crippen LogP contribution in [0.15, 0.2) is 29.2 Å². The predicted molar refractivity (Wildman–Crippen MR) is 72.4 cm³/mol. The van der Waals surface area contributed by atoms with Crippen molar-refractivity contribution >= 4 is 10.0 Å². The second kappa shape index (κ2) is 8.69. The summed E-state index contributed by atoms with van der Waals surface area (Å²) in [6, 6.07) is 5.86. The topological polar surface area (TPSA) is 75.6 Å². The second-order valence-corrected chi connectivity index (χ2v) is 5.62. The number of rotatable bonds is 7. The SMILES string of the molecule is O=S(=O)(NCCOCC(F)F)c1cccc(C#CCO)c1. The molecule has 0 aliphatic rings. The molecule has 8 heteroatoms. The lowest BCUT2D eigenvalue weighted by Gasteiger charge is -2.07. The molecule has 1 aromatic rings. The minimum Gasteiger partial charge on any atom is -0.384 e. The zero-order valence-electron chi connectivity index (χ0n) is 11.1. The minimum absolute atomic E-state index is 0.00102. The van der Waals surface area contributed by atoms with Crippen LogP contribution in [0.5, 0.6) is 0 Å². The van der Waals surface area contributed by atoms with Gasteiger partial charge in [-0.15, -0.1) is 0 Å². The molecule has 0 spiro atoms. The Hall–Kier alpha value is -1.53. The van der Waals surface area contributed by atoms with Crippen LogP contribution in [0.25, 0.3) is 0 Å². The Kier molecular flexibility index (Phi) is 7.25. The molecule has 0 fully saturated rings. The Morgan fingerprint density at radius 3 is 2.81 bits per heavy atom. The first kappa shape index (κ1) is 17.5. The molecule has 2 N–H and O–H groups in total. The third-order valence-corrected chi connectivity index (χ3v) is 3.70. The standard InChI is InChI=1S/C13H15F2NO4S/c14-13(15)10-20-8-6-16-21(18,19)12-5-1-3-11(9-12)4-2-7-17/h1,3,5,9,13,16-17H,6-8,10H2. The Morgan fingerprint density at radius 1 is 1.38 bits per heavy atom. The molecule has 0 aliphatic carbocycles. The summed E-state index contributed by atoms with van der Waals surface area (Å²) in [7, 11) is -3.76. The van der Waals surface area contributed by atoms with E-state index in [1.807, 2.05) is 0 Å². The molecule has 0 bridgehead atoms. The van der Waals surface area contributed by atoms with Crippen LogP contribution in [0, 0.1) is 11.8 Å². The first-order chi connectivity index (χ1) is 9.95. The van der Waals surface area contributed by atoms with Crippen molar-refractivity contribution < 1.29 is 27.0 Å². The maximum Gasteiger partial charge on any atom is 0.261 e. The fourth-order valence-electron chi connectivity index (χ4n) is 1.39. The van der Waals surface area contributed by atoms with Crippen molar-refractivity contribution in [2.45, 2.75) is 11.3 Å². The fraction of sp³-hybridized carbons (Fsp3) is 0.385. The van der Waals surface area contributed by atoms with Crippen LogP contribution < -0.4 is 4.72 Å². The van der Waals surface area contributed by atoms with Crippen LogP contribution in [0.4, 0.5) is 8.78 Å². The molecule has 0 atom stereocenters. The largest absolute Gasteiger partial charge is 0.384 e. The molecule has 0 aromatic heterocycles. The van der Waals surface area contributed by atoms with Crippen molar-refractivity contribution in [3.05, 3.63) is 29.8 Å². The quantitative estimate of drug-likeness (QED) is 0.570. The summed E-state index contributed by atoms with van der Waals surface area (Å²) in [6.45, 7) is -1.31. The number of alkyl halides is 2. The van der Waals surface area contributed by atoms with Crippen molar-refractivity contribution in [2.24, 2.45) is 0 Å². The third-order valence-electron chi connectivity index (χ3n) is 2.24. The molecule has 0 unspecified atom stereocenters. The lowest BCUT2D eigenvalue weighted by atomic mass is 10.2. The summed E-state index contributed by atoms with van der Waals surface area (Å²) in [6.07, 6.45) is -2.58. The Morgan fingerprint density at radius 2 is 2.14 bits per heavy atom. The van der Waals surface area contributed by atoms with Gasteiger partial charge in [-0.25, -0.2) is 21.9 Å². The fourth-order valence-corrected chi connectivity index (χ4v) is 2.45. The van der Waals surface area contributed by atoms with Gasteiger partial charge in [0.25, 0.3) is 6.43 Å². The molecule has 0 amide bonds. The highest BCUT2D eigenvalue weighted by Gasteiger charge is 2.13. The van der Waals surface area contributed by atoms with Gasteiger partial charge < -0.3 is 9.84 Å². The summed E-state index contributed by atoms with van der Waals surface area (Å²) in [5.74, 6) is 5.01. The van der Waals surface area contributed by atoms with E-state index in [1.165, 1.54) is 18.2 Å².